The SMILES string of the molecule is O=C1CC=[N+]1/C(=C(/[O-])O)S(=O)c1ccccc1. The van der Waals surface area contributed by atoms with E-state index in [1.807, 2.05) is 0 Å². The third-order valence-electron chi connectivity index (χ3n) is 2.25. The van der Waals surface area contributed by atoms with Crippen LogP contribution in [0.2, 0.25) is 0 Å². The van der Waals surface area contributed by atoms with Crippen LogP contribution in [-0.4, -0.2) is 26.0 Å². The number of hydrogen-bond donors (Lipinski definition) is 1. The molecule has 1 aromatic carbocycles. The second-order valence-corrected chi connectivity index (χ2v) is 4.74. The minimum absolute atomic E-state index is 0.183. The minimum atomic E-state index is -1.86. The summed E-state index contributed by atoms with van der Waals surface area (Å²) in [6.45, 7) is 0. The van der Waals surface area contributed by atoms with Crippen LogP contribution in [0.25, 0.3) is 0 Å². The van der Waals surface area contributed by atoms with Crippen LogP contribution >= 0.6 is 0 Å². The fourth-order valence-corrected chi connectivity index (χ4v) is 2.52. The normalized spacial score (nSPS) is 17.9. The number of aliphatic hydroxyl groups is 1. The van der Waals surface area contributed by atoms with E-state index in [4.69, 9.17) is 5.11 Å². The Morgan fingerprint density at radius 3 is 2.41 bits per heavy atom. The van der Waals surface area contributed by atoms with Crippen molar-refractivity contribution < 1.29 is 23.8 Å². The van der Waals surface area contributed by atoms with Crippen molar-refractivity contribution >= 4 is 22.9 Å². The van der Waals surface area contributed by atoms with Crippen LogP contribution in [0.3, 0.4) is 0 Å². The number of carbonyl (C=O) groups is 1. The lowest BCUT2D eigenvalue weighted by Gasteiger charge is -2.11. The summed E-state index contributed by atoms with van der Waals surface area (Å²) in [5.41, 5.74) is 0. The average Bonchev–Trinajstić information content (AvgIpc) is 2.33. The molecule has 1 N–H and O–H groups in total. The molecule has 0 bridgehead atoms. The molecule has 0 saturated heterocycles. The van der Waals surface area contributed by atoms with Crippen LogP contribution in [0.15, 0.2) is 46.2 Å². The molecule has 1 aromatic rings. The summed E-state index contributed by atoms with van der Waals surface area (Å²) < 4.78 is 13.0. The smallest absolute Gasteiger partial charge is 0.402 e. The molecule has 1 aliphatic heterocycles. The first-order valence-electron chi connectivity index (χ1n) is 4.83. The fraction of sp³-hybridized carbons (Fsp3) is 0.0909. The van der Waals surface area contributed by atoms with Crippen molar-refractivity contribution in [1.29, 1.82) is 0 Å². The largest absolute Gasteiger partial charge is 0.624 e. The van der Waals surface area contributed by atoms with E-state index in [2.05, 4.69) is 0 Å². The van der Waals surface area contributed by atoms with Crippen molar-refractivity contribution in [1.82, 2.24) is 0 Å². The van der Waals surface area contributed by atoms with Crippen molar-refractivity contribution in [3.05, 3.63) is 41.3 Å². The summed E-state index contributed by atoms with van der Waals surface area (Å²) in [4.78, 5) is 11.5. The van der Waals surface area contributed by atoms with E-state index in [1.165, 1.54) is 6.21 Å². The van der Waals surface area contributed by atoms with Crippen LogP contribution in [0, 0.1) is 0 Å². The molecule has 88 valence electrons. The van der Waals surface area contributed by atoms with Gasteiger partial charge in [-0.3, -0.25) is 0 Å². The summed E-state index contributed by atoms with van der Waals surface area (Å²) in [5.74, 6) is -1.71. The second-order valence-electron chi connectivity index (χ2n) is 3.34. The van der Waals surface area contributed by atoms with Gasteiger partial charge in [0.2, 0.25) is 0 Å². The molecule has 1 amide bonds. The third-order valence-corrected chi connectivity index (χ3v) is 3.67. The summed E-state index contributed by atoms with van der Waals surface area (Å²) in [7, 11) is -1.86. The van der Waals surface area contributed by atoms with E-state index in [1.54, 1.807) is 30.3 Å². The van der Waals surface area contributed by atoms with Gasteiger partial charge in [0, 0.05) is 4.90 Å². The van der Waals surface area contributed by atoms with E-state index < -0.39 is 21.8 Å². The maximum absolute atomic E-state index is 12.0. The minimum Gasteiger partial charge on any atom is -0.624 e. The maximum Gasteiger partial charge on any atom is 0.402 e. The Morgan fingerprint density at radius 2 is 2.00 bits per heavy atom. The lowest BCUT2D eigenvalue weighted by atomic mass is 10.3. The Labute approximate surface area is 99.8 Å². The van der Waals surface area contributed by atoms with Crippen LogP contribution < -0.4 is 5.11 Å². The highest BCUT2D eigenvalue weighted by Crippen LogP contribution is 2.18. The number of benzene rings is 1. The molecule has 1 atom stereocenters. The Balaban J connectivity index is 2.41. The Hall–Kier alpha value is -1.95. The molecule has 1 unspecified atom stereocenters. The molecule has 0 radical (unpaired) electrons. The second kappa shape index (κ2) is 4.50. The van der Waals surface area contributed by atoms with E-state index in [-0.39, 0.29) is 12.3 Å². The fourth-order valence-electron chi connectivity index (χ4n) is 1.38. The van der Waals surface area contributed by atoms with Crippen LogP contribution in [0.1, 0.15) is 6.42 Å². The number of aliphatic hydroxyl groups excluding tert-OH is 1. The van der Waals surface area contributed by atoms with Crippen molar-refractivity contribution in [2.24, 2.45) is 0 Å². The molecule has 0 spiro atoms. The van der Waals surface area contributed by atoms with E-state index in [0.29, 0.717) is 4.90 Å². The Kier molecular flexibility index (Phi) is 3.06. The number of nitrogens with zero attached hydrogens (tertiary/aromatic N) is 1. The number of hydrogen-bond acceptors (Lipinski definition) is 4. The topological polar surface area (TPSA) is 80.4 Å². The highest BCUT2D eigenvalue weighted by atomic mass is 32.2. The van der Waals surface area contributed by atoms with Gasteiger partial charge in [0.05, 0.1) is 0 Å². The molecule has 17 heavy (non-hydrogen) atoms. The standard InChI is InChI=1S/C11H9NO4S/c13-9-6-7-12(9)10(11(14)15)17(16)8-4-2-1-3-5-8/h1-5,7H,6H2,(H-,14,15). The molecule has 0 aliphatic carbocycles. The van der Waals surface area contributed by atoms with Crippen LogP contribution in [-0.2, 0) is 15.6 Å². The molecular weight excluding hydrogens is 242 g/mol. The van der Waals surface area contributed by atoms with E-state index >= 15 is 0 Å². The lowest BCUT2D eigenvalue weighted by Crippen LogP contribution is -2.35. The highest BCUT2D eigenvalue weighted by Gasteiger charge is 2.36. The first-order valence-corrected chi connectivity index (χ1v) is 5.98. The first kappa shape index (κ1) is 11.5. The zero-order chi connectivity index (χ0) is 12.4. The Bertz CT molecular complexity index is 544. The van der Waals surface area contributed by atoms with Gasteiger partial charge in [-0.1, -0.05) is 18.2 Å². The van der Waals surface area contributed by atoms with Gasteiger partial charge in [0.15, 0.2) is 23.4 Å². The number of amides is 1. The molecule has 0 fully saturated rings. The molecule has 1 aliphatic rings. The van der Waals surface area contributed by atoms with Gasteiger partial charge in [-0.15, -0.1) is 4.58 Å². The predicted molar refractivity (Wildman–Crippen MR) is 58.5 cm³/mol. The maximum atomic E-state index is 12.0. The van der Waals surface area contributed by atoms with Gasteiger partial charge in [0.25, 0.3) is 0 Å². The number of carbonyl (C=O) groups excluding carboxylic acids is 1. The molecule has 5 nitrogen and oxygen atoms in total. The molecule has 2 rings (SSSR count). The summed E-state index contributed by atoms with van der Waals surface area (Å²) >= 11 is 0. The number of rotatable bonds is 3. The van der Waals surface area contributed by atoms with E-state index in [9.17, 15) is 14.1 Å². The van der Waals surface area contributed by atoms with Crippen molar-refractivity contribution in [3.63, 3.8) is 0 Å². The molecule has 1 heterocycles. The monoisotopic (exact) mass is 251 g/mol. The van der Waals surface area contributed by atoms with Crippen LogP contribution in [0.5, 0.6) is 0 Å². The first-order chi connectivity index (χ1) is 8.11. The predicted octanol–water partition coefficient (Wildman–Crippen LogP) is -0.147. The van der Waals surface area contributed by atoms with Crippen molar-refractivity contribution in [2.45, 2.75) is 11.3 Å². The molecule has 6 heteroatoms. The van der Waals surface area contributed by atoms with Gasteiger partial charge in [-0.2, -0.15) is 0 Å². The highest BCUT2D eigenvalue weighted by molar-refractivity contribution is 7.88. The zero-order valence-electron chi connectivity index (χ0n) is 8.70. The van der Waals surface area contributed by atoms with Gasteiger partial charge in [-0.05, 0) is 12.1 Å². The van der Waals surface area contributed by atoms with Gasteiger partial charge >= 0.3 is 10.9 Å². The van der Waals surface area contributed by atoms with Gasteiger partial charge in [-0.25, -0.2) is 9.00 Å². The average molecular weight is 251 g/mol. The summed E-state index contributed by atoms with van der Waals surface area (Å²) in [5, 5.41) is 19.7. The molecule has 0 aromatic heterocycles. The molecule has 0 saturated carbocycles. The summed E-state index contributed by atoms with van der Waals surface area (Å²) in [6.07, 6.45) is 1.59. The lowest BCUT2D eigenvalue weighted by molar-refractivity contribution is -0.431. The van der Waals surface area contributed by atoms with Crippen LogP contribution in [0.4, 0.5) is 0 Å². The van der Waals surface area contributed by atoms with Crippen molar-refractivity contribution in [2.75, 3.05) is 0 Å². The van der Waals surface area contributed by atoms with E-state index in [0.717, 1.165) is 4.58 Å². The Morgan fingerprint density at radius 1 is 1.35 bits per heavy atom. The van der Waals surface area contributed by atoms with Crippen molar-refractivity contribution in [3.8, 4) is 0 Å². The quantitative estimate of drug-likeness (QED) is 0.598. The van der Waals surface area contributed by atoms with Gasteiger partial charge < -0.3 is 10.2 Å². The van der Waals surface area contributed by atoms with Gasteiger partial charge in [0.1, 0.15) is 5.95 Å². The zero-order valence-corrected chi connectivity index (χ0v) is 9.52. The summed E-state index contributed by atoms with van der Waals surface area (Å²) in [6, 6.07) is 8.18. The molecular formula is C11H9NO4S. The third kappa shape index (κ3) is 2.12.